The molecule has 2 aliphatic rings. The van der Waals surface area contributed by atoms with E-state index in [1.54, 1.807) is 0 Å². The minimum Gasteiger partial charge on any atom is -0.454 e. The van der Waals surface area contributed by atoms with Gasteiger partial charge in [-0.25, -0.2) is 0 Å². The standard InChI is InChI=1S/C30H42O5.C4H10O3/c1-5-9-21-15-27-29(33-19-31-27)17-23(21)13-25(11-7-3)35-26(12-8-4)14-24-18-30-28(32-20-34-30)16-22(24)10-6-2;5-1-3-7-4-2-6/h15-18,25-26H,5-14,19-20H2,1-4H3;5-6H,1-4H2. The minimum absolute atomic E-state index is 0.0278. The van der Waals surface area contributed by atoms with E-state index < -0.39 is 0 Å². The van der Waals surface area contributed by atoms with E-state index in [4.69, 9.17) is 33.9 Å². The molecule has 2 atom stereocenters. The van der Waals surface area contributed by atoms with Crippen LogP contribution in [0.15, 0.2) is 24.3 Å². The van der Waals surface area contributed by atoms with Gasteiger partial charge in [0.05, 0.1) is 38.6 Å². The number of benzene rings is 2. The Morgan fingerprint density at radius 2 is 0.976 bits per heavy atom. The minimum atomic E-state index is 0.0278. The van der Waals surface area contributed by atoms with Gasteiger partial charge in [0.1, 0.15) is 0 Å². The summed E-state index contributed by atoms with van der Waals surface area (Å²) >= 11 is 0. The topological polar surface area (TPSA) is 95.8 Å². The monoisotopic (exact) mass is 588 g/mol. The van der Waals surface area contributed by atoms with Crippen molar-refractivity contribution in [1.29, 1.82) is 0 Å². The number of ether oxygens (including phenoxy) is 6. The maximum absolute atomic E-state index is 8.09. The Morgan fingerprint density at radius 3 is 1.31 bits per heavy atom. The first kappa shape index (κ1) is 34.0. The number of hydrogen-bond acceptors (Lipinski definition) is 8. The Hall–Kier alpha value is -2.52. The number of fused-ring (bicyclic) bond motifs is 2. The average molecular weight is 589 g/mol. The Labute approximate surface area is 252 Å². The summed E-state index contributed by atoms with van der Waals surface area (Å²) in [6, 6.07) is 8.73. The largest absolute Gasteiger partial charge is 0.454 e. The highest BCUT2D eigenvalue weighted by atomic mass is 16.7. The van der Waals surface area contributed by atoms with Crippen molar-refractivity contribution in [1.82, 2.24) is 0 Å². The summed E-state index contributed by atoms with van der Waals surface area (Å²) in [6.07, 6.45) is 10.8. The van der Waals surface area contributed by atoms with Crippen molar-refractivity contribution in [2.24, 2.45) is 0 Å². The van der Waals surface area contributed by atoms with Crippen molar-refractivity contribution in [2.45, 2.75) is 104 Å². The molecule has 2 N–H and O–H groups in total. The maximum Gasteiger partial charge on any atom is 0.231 e. The highest BCUT2D eigenvalue weighted by Crippen LogP contribution is 2.38. The van der Waals surface area contributed by atoms with E-state index in [0.717, 1.165) is 87.2 Å². The van der Waals surface area contributed by atoms with Crippen LogP contribution in [0.5, 0.6) is 23.0 Å². The molecule has 0 saturated heterocycles. The lowest BCUT2D eigenvalue weighted by Crippen LogP contribution is -2.26. The molecule has 8 heteroatoms. The van der Waals surface area contributed by atoms with E-state index in [0.29, 0.717) is 26.8 Å². The van der Waals surface area contributed by atoms with Crippen LogP contribution in [0, 0.1) is 0 Å². The molecule has 0 amide bonds. The first-order valence-electron chi connectivity index (χ1n) is 15.8. The van der Waals surface area contributed by atoms with Gasteiger partial charge in [-0.05, 0) is 85.0 Å². The van der Waals surface area contributed by atoms with Crippen molar-refractivity contribution < 1.29 is 38.6 Å². The summed E-state index contributed by atoms with van der Waals surface area (Å²) in [6.45, 7) is 10.3. The van der Waals surface area contributed by atoms with Crippen molar-refractivity contribution >= 4 is 0 Å². The molecule has 2 heterocycles. The van der Waals surface area contributed by atoms with Gasteiger partial charge in [-0.2, -0.15) is 0 Å². The molecule has 2 aliphatic heterocycles. The number of hydrogen-bond donors (Lipinski definition) is 2. The van der Waals surface area contributed by atoms with Gasteiger partial charge in [0, 0.05) is 0 Å². The van der Waals surface area contributed by atoms with Crippen molar-refractivity contribution in [2.75, 3.05) is 40.0 Å². The molecule has 0 aliphatic carbocycles. The smallest absolute Gasteiger partial charge is 0.231 e. The molecular weight excluding hydrogens is 536 g/mol. The molecule has 2 aromatic rings. The third-order valence-electron chi connectivity index (χ3n) is 7.40. The van der Waals surface area contributed by atoms with Gasteiger partial charge in [-0.1, -0.05) is 53.4 Å². The predicted octanol–water partition coefficient (Wildman–Crippen LogP) is 6.18. The molecule has 0 saturated carbocycles. The van der Waals surface area contributed by atoms with Crippen LogP contribution in [-0.4, -0.2) is 62.4 Å². The first-order chi connectivity index (χ1) is 20.6. The average Bonchev–Trinajstić information content (AvgIpc) is 3.63. The molecule has 0 spiro atoms. The second kappa shape index (κ2) is 18.9. The van der Waals surface area contributed by atoms with Crippen LogP contribution in [0.2, 0.25) is 0 Å². The van der Waals surface area contributed by atoms with Crippen LogP contribution in [0.1, 0.15) is 88.5 Å². The summed E-state index contributed by atoms with van der Waals surface area (Å²) in [7, 11) is 0. The molecule has 236 valence electrons. The zero-order valence-electron chi connectivity index (χ0n) is 26.1. The second-order valence-corrected chi connectivity index (χ2v) is 10.9. The SMILES string of the molecule is CCCc1cc2c(cc1CC(CCC)OC(CCC)Cc1cc3c(cc1CCC)OCO3)OCO2.OCCOCCO. The number of rotatable bonds is 18. The number of aryl methyl sites for hydroxylation is 2. The van der Waals surface area contributed by atoms with Gasteiger partial charge in [-0.15, -0.1) is 0 Å². The summed E-state index contributed by atoms with van der Waals surface area (Å²) < 4.78 is 34.2. The van der Waals surface area contributed by atoms with Gasteiger partial charge in [-0.3, -0.25) is 0 Å². The van der Waals surface area contributed by atoms with E-state index >= 15 is 0 Å². The number of aliphatic hydroxyl groups is 2. The Bertz CT molecular complexity index is 975. The lowest BCUT2D eigenvalue weighted by atomic mass is 9.94. The number of aliphatic hydroxyl groups excluding tert-OH is 2. The lowest BCUT2D eigenvalue weighted by molar-refractivity contribution is -0.0202. The Balaban J connectivity index is 0.000000616. The molecule has 0 aromatic heterocycles. The van der Waals surface area contributed by atoms with E-state index in [1.165, 1.54) is 22.3 Å². The van der Waals surface area contributed by atoms with E-state index in [1.807, 2.05) is 0 Å². The van der Waals surface area contributed by atoms with E-state index in [9.17, 15) is 0 Å². The molecule has 2 aromatic carbocycles. The summed E-state index contributed by atoms with van der Waals surface area (Å²) in [5.41, 5.74) is 5.38. The first-order valence-corrected chi connectivity index (χ1v) is 15.8. The summed E-state index contributed by atoms with van der Waals surface area (Å²) in [5, 5.41) is 16.2. The molecule has 4 rings (SSSR count). The molecular formula is C34H52O8. The highest BCUT2D eigenvalue weighted by Gasteiger charge is 2.24. The van der Waals surface area contributed by atoms with Crippen molar-refractivity contribution in [3.63, 3.8) is 0 Å². The Kier molecular flexibility index (Phi) is 15.3. The van der Waals surface area contributed by atoms with Gasteiger partial charge < -0.3 is 38.6 Å². The van der Waals surface area contributed by atoms with E-state index in [2.05, 4.69) is 56.7 Å². The fourth-order valence-electron chi connectivity index (χ4n) is 5.51. The van der Waals surface area contributed by atoms with Crippen molar-refractivity contribution in [3.05, 3.63) is 46.5 Å². The van der Waals surface area contributed by atoms with Gasteiger partial charge in [0.2, 0.25) is 13.6 Å². The lowest BCUT2D eigenvalue weighted by Gasteiger charge is -2.27. The molecule has 42 heavy (non-hydrogen) atoms. The van der Waals surface area contributed by atoms with Crippen LogP contribution in [0.4, 0.5) is 0 Å². The molecule has 0 fully saturated rings. The normalized spacial score (nSPS) is 14.4. The molecule has 0 radical (unpaired) electrons. The maximum atomic E-state index is 8.09. The zero-order chi connectivity index (χ0) is 30.2. The third kappa shape index (κ3) is 10.3. The van der Waals surface area contributed by atoms with Crippen molar-refractivity contribution in [3.8, 4) is 23.0 Å². The van der Waals surface area contributed by atoms with Crippen LogP contribution >= 0.6 is 0 Å². The molecule has 8 nitrogen and oxygen atoms in total. The molecule has 2 unspecified atom stereocenters. The Morgan fingerprint density at radius 1 is 0.595 bits per heavy atom. The van der Waals surface area contributed by atoms with E-state index in [-0.39, 0.29) is 25.4 Å². The van der Waals surface area contributed by atoms with Gasteiger partial charge >= 0.3 is 0 Å². The highest BCUT2D eigenvalue weighted by molar-refractivity contribution is 5.50. The zero-order valence-corrected chi connectivity index (χ0v) is 26.1. The van der Waals surface area contributed by atoms with Crippen LogP contribution in [-0.2, 0) is 35.2 Å². The summed E-state index contributed by atoms with van der Waals surface area (Å²) in [4.78, 5) is 0. The fraction of sp³-hybridized carbons (Fsp3) is 0.647. The van der Waals surface area contributed by atoms with Crippen LogP contribution in [0.25, 0.3) is 0 Å². The van der Waals surface area contributed by atoms with Gasteiger partial charge in [0.15, 0.2) is 23.0 Å². The molecule has 0 bridgehead atoms. The van der Waals surface area contributed by atoms with Crippen LogP contribution in [0.3, 0.4) is 0 Å². The fourth-order valence-corrected chi connectivity index (χ4v) is 5.51. The second-order valence-electron chi connectivity index (χ2n) is 10.9. The summed E-state index contributed by atoms with van der Waals surface area (Å²) in [5.74, 6) is 3.48. The third-order valence-corrected chi connectivity index (χ3v) is 7.40. The quantitative estimate of drug-likeness (QED) is 0.200. The van der Waals surface area contributed by atoms with Crippen LogP contribution < -0.4 is 18.9 Å². The predicted molar refractivity (Wildman–Crippen MR) is 164 cm³/mol. The van der Waals surface area contributed by atoms with Gasteiger partial charge in [0.25, 0.3) is 0 Å².